The summed E-state index contributed by atoms with van der Waals surface area (Å²) in [7, 11) is -4.41. The Balaban J connectivity index is 2.18. The average Bonchev–Trinajstić information content (AvgIpc) is 2.99. The predicted octanol–water partition coefficient (Wildman–Crippen LogP) is 3.15. The van der Waals surface area contributed by atoms with Crippen molar-refractivity contribution in [2.24, 2.45) is 0 Å². The number of pyridine rings is 1. The van der Waals surface area contributed by atoms with Crippen molar-refractivity contribution in [3.8, 4) is 0 Å². The molecule has 1 N–H and O–H groups in total. The Morgan fingerprint density at radius 1 is 0.962 bits per heavy atom. The highest BCUT2D eigenvalue weighted by Gasteiger charge is 2.21. The van der Waals surface area contributed by atoms with Crippen molar-refractivity contribution in [2.45, 2.75) is 11.8 Å². The minimum atomic E-state index is -4.41. The van der Waals surface area contributed by atoms with Crippen LogP contribution in [0.15, 0.2) is 58.2 Å². The van der Waals surface area contributed by atoms with Crippen LogP contribution in [0.3, 0.4) is 0 Å². The van der Waals surface area contributed by atoms with Gasteiger partial charge in [0.15, 0.2) is 0 Å². The molecule has 0 aliphatic rings. The number of benzene rings is 3. The second kappa shape index (κ2) is 4.78. The Labute approximate surface area is 147 Å². The number of aromatic nitrogens is 2. The molecule has 5 aromatic rings. The van der Waals surface area contributed by atoms with Crippen LogP contribution in [0.4, 0.5) is 0 Å². The summed E-state index contributed by atoms with van der Waals surface area (Å²) in [6.45, 7) is 1.92. The lowest BCUT2D eigenvalue weighted by molar-refractivity contribution is 0.484. The summed E-state index contributed by atoms with van der Waals surface area (Å²) in [5.41, 5.74) is 2.59. The Hall–Kier alpha value is -3.03. The van der Waals surface area contributed by atoms with E-state index < -0.39 is 10.1 Å². The second-order valence-corrected chi connectivity index (χ2v) is 7.72. The topological polar surface area (TPSA) is 88.7 Å². The van der Waals surface area contributed by atoms with Gasteiger partial charge < -0.3 is 0 Å². The normalized spacial score (nSPS) is 12.7. The van der Waals surface area contributed by atoms with Gasteiger partial charge in [-0.3, -0.25) is 13.7 Å². The first-order valence-electron chi connectivity index (χ1n) is 7.94. The smallest absolute Gasteiger partial charge is 0.282 e. The maximum absolute atomic E-state index is 13.2. The third-order valence-electron chi connectivity index (χ3n) is 4.83. The summed E-state index contributed by atoms with van der Waals surface area (Å²) < 4.78 is 34.6. The number of para-hydroxylation sites is 1. The Bertz CT molecular complexity index is 1530. The first kappa shape index (κ1) is 15.2. The fraction of sp³-hybridized carbons (Fsp3) is 0.0526. The summed E-state index contributed by atoms with van der Waals surface area (Å²) in [6.07, 6.45) is 0. The Morgan fingerprint density at radius 3 is 2.46 bits per heavy atom. The van der Waals surface area contributed by atoms with E-state index >= 15 is 0 Å². The van der Waals surface area contributed by atoms with Crippen molar-refractivity contribution in [2.75, 3.05) is 0 Å². The van der Waals surface area contributed by atoms with Crippen molar-refractivity contribution in [1.82, 2.24) is 9.38 Å². The molecule has 2 heterocycles. The van der Waals surface area contributed by atoms with E-state index in [2.05, 4.69) is 4.98 Å². The van der Waals surface area contributed by atoms with E-state index in [1.807, 2.05) is 25.1 Å². The summed E-state index contributed by atoms with van der Waals surface area (Å²) in [4.78, 5) is 17.6. The Kier molecular flexibility index (Phi) is 2.80. The largest absolute Gasteiger partial charge is 0.295 e. The molecule has 0 fully saturated rings. The fourth-order valence-electron chi connectivity index (χ4n) is 3.76. The minimum Gasteiger partial charge on any atom is -0.282 e. The molecular formula is C19H12N2O4S. The summed E-state index contributed by atoms with van der Waals surface area (Å²) in [5, 5.41) is 1.86. The highest BCUT2D eigenvalue weighted by atomic mass is 32.2. The van der Waals surface area contributed by atoms with Gasteiger partial charge in [-0.2, -0.15) is 8.42 Å². The molecule has 0 spiro atoms. The lowest BCUT2D eigenvalue weighted by Crippen LogP contribution is -2.14. The van der Waals surface area contributed by atoms with Crippen LogP contribution in [0.5, 0.6) is 0 Å². The van der Waals surface area contributed by atoms with E-state index in [-0.39, 0.29) is 10.5 Å². The van der Waals surface area contributed by atoms with Crippen molar-refractivity contribution in [1.29, 1.82) is 0 Å². The number of hydrogen-bond acceptors (Lipinski definition) is 4. The van der Waals surface area contributed by atoms with Gasteiger partial charge in [0.05, 0.1) is 11.0 Å². The van der Waals surface area contributed by atoms with E-state index in [1.165, 1.54) is 12.1 Å². The lowest BCUT2D eigenvalue weighted by atomic mass is 10.0. The first-order valence-corrected chi connectivity index (χ1v) is 9.38. The van der Waals surface area contributed by atoms with Gasteiger partial charge in [-0.15, -0.1) is 0 Å². The third kappa shape index (κ3) is 1.81. The molecule has 0 amide bonds. The van der Waals surface area contributed by atoms with Gasteiger partial charge in [0.1, 0.15) is 10.5 Å². The first-order chi connectivity index (χ1) is 12.4. The van der Waals surface area contributed by atoms with Gasteiger partial charge in [-0.1, -0.05) is 30.3 Å². The molecule has 26 heavy (non-hydrogen) atoms. The third-order valence-corrected chi connectivity index (χ3v) is 5.74. The average molecular weight is 364 g/mol. The van der Waals surface area contributed by atoms with Gasteiger partial charge in [0.2, 0.25) is 0 Å². The SMILES string of the molecule is Cc1cccc2nc3c4cccc5c(S(=O)(=O)O)ccc(c(=O)n3c12)c54. The summed E-state index contributed by atoms with van der Waals surface area (Å²) in [5.74, 6) is 0. The summed E-state index contributed by atoms with van der Waals surface area (Å²) in [6, 6.07) is 13.4. The standard InChI is InChI=1S/C19H12N2O4S/c1-10-4-2-7-14-17(10)21-18(20-14)12-6-3-5-11-15(26(23,24)25)9-8-13(16(11)12)19(21)22/h2-9H,1H3,(H,23,24,25). The number of rotatable bonds is 1. The number of fused-ring (bicyclic) bond motifs is 4. The maximum Gasteiger partial charge on any atom is 0.295 e. The van der Waals surface area contributed by atoms with E-state index in [0.717, 1.165) is 11.1 Å². The molecule has 0 radical (unpaired) electrons. The van der Waals surface area contributed by atoms with E-state index in [9.17, 15) is 17.8 Å². The van der Waals surface area contributed by atoms with Crippen LogP contribution in [0, 0.1) is 6.92 Å². The lowest BCUT2D eigenvalue weighted by Gasteiger charge is -2.10. The quantitative estimate of drug-likeness (QED) is 0.462. The molecule has 3 aromatic carbocycles. The zero-order valence-electron chi connectivity index (χ0n) is 13.6. The zero-order chi connectivity index (χ0) is 18.2. The van der Waals surface area contributed by atoms with Crippen molar-refractivity contribution in [3.05, 3.63) is 64.4 Å². The van der Waals surface area contributed by atoms with E-state index in [1.54, 1.807) is 22.6 Å². The van der Waals surface area contributed by atoms with Crippen LogP contribution in [0.2, 0.25) is 0 Å². The van der Waals surface area contributed by atoms with Crippen LogP contribution in [-0.4, -0.2) is 22.4 Å². The summed E-state index contributed by atoms with van der Waals surface area (Å²) >= 11 is 0. The number of aryl methyl sites for hydroxylation is 1. The van der Waals surface area contributed by atoms with Gasteiger partial charge in [-0.25, -0.2) is 4.98 Å². The monoisotopic (exact) mass is 364 g/mol. The second-order valence-electron chi connectivity index (χ2n) is 6.33. The number of nitrogens with zero attached hydrogens (tertiary/aromatic N) is 2. The molecule has 0 saturated heterocycles. The highest BCUT2D eigenvalue weighted by Crippen LogP contribution is 2.33. The maximum atomic E-state index is 13.2. The van der Waals surface area contributed by atoms with Crippen molar-refractivity contribution < 1.29 is 13.0 Å². The van der Waals surface area contributed by atoms with E-state index in [4.69, 9.17) is 0 Å². The molecule has 0 aliphatic carbocycles. The van der Waals surface area contributed by atoms with Gasteiger partial charge in [0, 0.05) is 21.5 Å². The Morgan fingerprint density at radius 2 is 1.69 bits per heavy atom. The highest BCUT2D eigenvalue weighted by molar-refractivity contribution is 7.86. The minimum absolute atomic E-state index is 0.216. The van der Waals surface area contributed by atoms with Crippen LogP contribution in [0.1, 0.15) is 5.56 Å². The fourth-order valence-corrected chi connectivity index (χ4v) is 4.45. The van der Waals surface area contributed by atoms with Crippen molar-refractivity contribution >= 4 is 48.3 Å². The molecule has 128 valence electrons. The van der Waals surface area contributed by atoms with E-state index in [0.29, 0.717) is 32.7 Å². The molecule has 6 nitrogen and oxygen atoms in total. The van der Waals surface area contributed by atoms with Gasteiger partial charge in [0.25, 0.3) is 15.7 Å². The molecule has 7 heteroatoms. The molecule has 0 aliphatic heterocycles. The predicted molar refractivity (Wildman–Crippen MR) is 99.7 cm³/mol. The number of imidazole rings is 1. The molecule has 2 aromatic heterocycles. The van der Waals surface area contributed by atoms with Crippen LogP contribution >= 0.6 is 0 Å². The van der Waals surface area contributed by atoms with Crippen LogP contribution in [-0.2, 0) is 10.1 Å². The van der Waals surface area contributed by atoms with Crippen LogP contribution in [0.25, 0.3) is 38.2 Å². The van der Waals surface area contributed by atoms with Gasteiger partial charge >= 0.3 is 0 Å². The van der Waals surface area contributed by atoms with Gasteiger partial charge in [-0.05, 0) is 30.7 Å². The van der Waals surface area contributed by atoms with Crippen molar-refractivity contribution in [3.63, 3.8) is 0 Å². The van der Waals surface area contributed by atoms with Crippen LogP contribution < -0.4 is 5.56 Å². The number of hydrogen-bond donors (Lipinski definition) is 1. The molecule has 0 unspecified atom stereocenters. The zero-order valence-corrected chi connectivity index (χ0v) is 14.4. The molecular weight excluding hydrogens is 352 g/mol. The molecule has 0 atom stereocenters. The molecule has 0 bridgehead atoms. The molecule has 0 saturated carbocycles. The molecule has 5 rings (SSSR count).